The van der Waals surface area contributed by atoms with E-state index in [4.69, 9.17) is 17.3 Å². The van der Waals surface area contributed by atoms with Gasteiger partial charge in [-0.15, -0.1) is 0 Å². The summed E-state index contributed by atoms with van der Waals surface area (Å²) in [5.41, 5.74) is 7.13. The van der Waals surface area contributed by atoms with Crippen LogP contribution in [0, 0.1) is 0 Å². The molecule has 0 fully saturated rings. The Balaban J connectivity index is 2.18. The number of nitrogens with two attached hydrogens (primary N) is 1. The first-order chi connectivity index (χ1) is 9.79. The van der Waals surface area contributed by atoms with Gasteiger partial charge in [0.05, 0.1) is 0 Å². The molecule has 1 nitrogen and oxygen atoms in total. The molecule has 0 saturated carbocycles. The van der Waals surface area contributed by atoms with Crippen LogP contribution in [0.3, 0.4) is 0 Å². The first-order valence-electron chi connectivity index (χ1n) is 8.24. The fraction of sp³-hybridized carbons (Fsp3) is 0.667. The second-order valence-electron chi connectivity index (χ2n) is 5.72. The summed E-state index contributed by atoms with van der Waals surface area (Å²) in [6.45, 7) is 2.96. The molecule has 0 amide bonds. The molecule has 0 aliphatic rings. The predicted molar refractivity (Wildman–Crippen MR) is 90.5 cm³/mol. The van der Waals surface area contributed by atoms with Crippen LogP contribution >= 0.6 is 11.6 Å². The van der Waals surface area contributed by atoms with Crippen LogP contribution in [0.15, 0.2) is 24.3 Å². The Labute approximate surface area is 129 Å². The largest absolute Gasteiger partial charge is 0.330 e. The van der Waals surface area contributed by atoms with Crippen molar-refractivity contribution in [1.82, 2.24) is 0 Å². The number of hydrogen-bond donors (Lipinski definition) is 1. The lowest BCUT2D eigenvalue weighted by Gasteiger charge is -2.16. The molecule has 1 aromatic carbocycles. The normalized spacial score (nSPS) is 12.6. The molecule has 0 spiro atoms. The highest BCUT2D eigenvalue weighted by molar-refractivity contribution is 6.31. The highest BCUT2D eigenvalue weighted by Crippen LogP contribution is 2.28. The lowest BCUT2D eigenvalue weighted by molar-refractivity contribution is 0.532. The van der Waals surface area contributed by atoms with Crippen molar-refractivity contribution >= 4 is 11.6 Å². The first kappa shape index (κ1) is 17.5. The average Bonchev–Trinajstić information content (AvgIpc) is 2.47. The SMILES string of the molecule is CCCCCCCCCCC(CN)c1ccccc1Cl. The van der Waals surface area contributed by atoms with Gasteiger partial charge in [-0.2, -0.15) is 0 Å². The molecule has 0 radical (unpaired) electrons. The van der Waals surface area contributed by atoms with Crippen molar-refractivity contribution in [2.24, 2.45) is 5.73 Å². The molecule has 0 aliphatic carbocycles. The Morgan fingerprint density at radius 2 is 1.55 bits per heavy atom. The third-order valence-corrected chi connectivity index (χ3v) is 4.38. The minimum absolute atomic E-state index is 0.420. The molecule has 114 valence electrons. The van der Waals surface area contributed by atoms with Gasteiger partial charge in [0, 0.05) is 5.02 Å². The number of benzene rings is 1. The van der Waals surface area contributed by atoms with E-state index in [0.717, 1.165) is 11.4 Å². The molecule has 1 aromatic rings. The van der Waals surface area contributed by atoms with Crippen molar-refractivity contribution in [3.05, 3.63) is 34.9 Å². The van der Waals surface area contributed by atoms with Crippen LogP contribution in [0.5, 0.6) is 0 Å². The molecule has 1 rings (SSSR count). The summed E-state index contributed by atoms with van der Waals surface area (Å²) in [6, 6.07) is 8.12. The van der Waals surface area contributed by atoms with Gasteiger partial charge < -0.3 is 5.73 Å². The summed E-state index contributed by atoms with van der Waals surface area (Å²) in [5, 5.41) is 0.863. The average molecular weight is 296 g/mol. The summed E-state index contributed by atoms with van der Waals surface area (Å²) >= 11 is 6.25. The van der Waals surface area contributed by atoms with E-state index in [-0.39, 0.29) is 0 Å². The third kappa shape index (κ3) is 6.76. The zero-order chi connectivity index (χ0) is 14.6. The fourth-order valence-electron chi connectivity index (χ4n) is 2.73. The van der Waals surface area contributed by atoms with Crippen LogP contribution < -0.4 is 5.73 Å². The molecule has 1 unspecified atom stereocenters. The number of unbranched alkanes of at least 4 members (excludes halogenated alkanes) is 7. The minimum atomic E-state index is 0.420. The Bertz CT molecular complexity index is 351. The topological polar surface area (TPSA) is 26.0 Å². The maximum absolute atomic E-state index is 6.25. The second-order valence-corrected chi connectivity index (χ2v) is 6.12. The molecular formula is C18H30ClN. The van der Waals surface area contributed by atoms with Gasteiger partial charge in [0.1, 0.15) is 0 Å². The molecule has 0 aromatic heterocycles. The van der Waals surface area contributed by atoms with Gasteiger partial charge in [0.15, 0.2) is 0 Å². The summed E-state index contributed by atoms with van der Waals surface area (Å²) in [5.74, 6) is 0.420. The first-order valence-corrected chi connectivity index (χ1v) is 8.61. The van der Waals surface area contributed by atoms with E-state index in [1.807, 2.05) is 12.1 Å². The smallest absolute Gasteiger partial charge is 0.0441 e. The molecule has 0 bridgehead atoms. The minimum Gasteiger partial charge on any atom is -0.330 e. The lowest BCUT2D eigenvalue weighted by Crippen LogP contribution is -2.13. The van der Waals surface area contributed by atoms with Crippen molar-refractivity contribution in [1.29, 1.82) is 0 Å². The van der Waals surface area contributed by atoms with Crippen LogP contribution in [0.1, 0.15) is 76.2 Å². The Hall–Kier alpha value is -0.530. The van der Waals surface area contributed by atoms with Gasteiger partial charge in [-0.05, 0) is 30.5 Å². The summed E-state index contributed by atoms with van der Waals surface area (Å²) < 4.78 is 0. The molecule has 0 heterocycles. The van der Waals surface area contributed by atoms with E-state index in [2.05, 4.69) is 19.1 Å². The highest BCUT2D eigenvalue weighted by Gasteiger charge is 2.12. The summed E-state index contributed by atoms with van der Waals surface area (Å²) in [4.78, 5) is 0. The Morgan fingerprint density at radius 3 is 2.15 bits per heavy atom. The molecule has 0 saturated heterocycles. The maximum atomic E-state index is 6.25. The van der Waals surface area contributed by atoms with E-state index in [1.165, 1.54) is 56.9 Å². The van der Waals surface area contributed by atoms with Crippen molar-refractivity contribution in [3.63, 3.8) is 0 Å². The molecule has 20 heavy (non-hydrogen) atoms. The lowest BCUT2D eigenvalue weighted by atomic mass is 9.93. The Morgan fingerprint density at radius 1 is 0.950 bits per heavy atom. The van der Waals surface area contributed by atoms with Crippen LogP contribution in [-0.4, -0.2) is 6.54 Å². The van der Waals surface area contributed by atoms with E-state index in [9.17, 15) is 0 Å². The Kier molecular flexibility index (Phi) is 9.78. The van der Waals surface area contributed by atoms with Gasteiger partial charge in [0.2, 0.25) is 0 Å². The summed E-state index contributed by atoms with van der Waals surface area (Å²) in [7, 11) is 0. The van der Waals surface area contributed by atoms with Gasteiger partial charge in [-0.3, -0.25) is 0 Å². The summed E-state index contributed by atoms with van der Waals surface area (Å²) in [6.07, 6.45) is 12.0. The van der Waals surface area contributed by atoms with Gasteiger partial charge in [-0.1, -0.05) is 88.1 Å². The maximum Gasteiger partial charge on any atom is 0.0441 e. The van der Waals surface area contributed by atoms with Crippen molar-refractivity contribution < 1.29 is 0 Å². The van der Waals surface area contributed by atoms with Crippen molar-refractivity contribution in [3.8, 4) is 0 Å². The number of halogens is 1. The van der Waals surface area contributed by atoms with Gasteiger partial charge in [0.25, 0.3) is 0 Å². The van der Waals surface area contributed by atoms with Crippen molar-refractivity contribution in [2.75, 3.05) is 6.54 Å². The second kappa shape index (κ2) is 11.2. The predicted octanol–water partition coefficient (Wildman–Crippen LogP) is 5.91. The van der Waals surface area contributed by atoms with Crippen LogP contribution in [0.2, 0.25) is 5.02 Å². The highest BCUT2D eigenvalue weighted by atomic mass is 35.5. The van der Waals surface area contributed by atoms with Gasteiger partial charge >= 0.3 is 0 Å². The molecular weight excluding hydrogens is 266 g/mol. The van der Waals surface area contributed by atoms with E-state index < -0.39 is 0 Å². The van der Waals surface area contributed by atoms with Gasteiger partial charge in [-0.25, -0.2) is 0 Å². The van der Waals surface area contributed by atoms with E-state index in [0.29, 0.717) is 12.5 Å². The zero-order valence-electron chi connectivity index (χ0n) is 12.9. The quantitative estimate of drug-likeness (QED) is 0.504. The monoisotopic (exact) mass is 295 g/mol. The third-order valence-electron chi connectivity index (χ3n) is 4.04. The van der Waals surface area contributed by atoms with Crippen LogP contribution in [0.25, 0.3) is 0 Å². The van der Waals surface area contributed by atoms with E-state index in [1.54, 1.807) is 0 Å². The standard InChI is InChI=1S/C18H30ClN/c1-2-3-4-5-6-7-8-9-12-16(15-20)17-13-10-11-14-18(17)19/h10-11,13-14,16H,2-9,12,15,20H2,1H3. The molecule has 1 atom stereocenters. The molecule has 0 aliphatic heterocycles. The van der Waals surface area contributed by atoms with Crippen LogP contribution in [-0.2, 0) is 0 Å². The molecule has 2 heteroatoms. The van der Waals surface area contributed by atoms with Crippen LogP contribution in [0.4, 0.5) is 0 Å². The van der Waals surface area contributed by atoms with E-state index >= 15 is 0 Å². The zero-order valence-corrected chi connectivity index (χ0v) is 13.7. The number of hydrogen-bond acceptors (Lipinski definition) is 1. The molecule has 2 N–H and O–H groups in total. The van der Waals surface area contributed by atoms with Crippen molar-refractivity contribution in [2.45, 2.75) is 70.6 Å². The fourth-order valence-corrected chi connectivity index (χ4v) is 3.02. The number of rotatable bonds is 11.